The fourth-order valence-corrected chi connectivity index (χ4v) is 3.55. The highest BCUT2D eigenvalue weighted by Crippen LogP contribution is 2.37. The highest BCUT2D eigenvalue weighted by atomic mass is 35.5. The molecule has 8 heteroatoms. The zero-order chi connectivity index (χ0) is 18.5. The second-order valence-corrected chi connectivity index (χ2v) is 7.67. The number of halogens is 2. The smallest absolute Gasteiger partial charge is 0.231 e. The minimum atomic E-state index is -0.421. The number of nitrogens with two attached hydrogens (primary N) is 1. The molecule has 0 saturated heterocycles. The molecule has 0 unspecified atom stereocenters. The molecule has 2 heterocycles. The summed E-state index contributed by atoms with van der Waals surface area (Å²) in [6.45, 7) is 3.97. The van der Waals surface area contributed by atoms with Crippen LogP contribution < -0.4 is 5.73 Å². The summed E-state index contributed by atoms with van der Waals surface area (Å²) in [5.74, 6) is 1.16. The quantitative estimate of drug-likeness (QED) is 0.723. The first-order chi connectivity index (χ1) is 12.4. The minimum absolute atomic E-state index is 0.421. The first-order valence-electron chi connectivity index (χ1n) is 8.50. The molecule has 1 aliphatic carbocycles. The molecule has 136 valence electrons. The van der Waals surface area contributed by atoms with Gasteiger partial charge in [-0.2, -0.15) is 10.1 Å². The zero-order valence-electron chi connectivity index (χ0n) is 14.6. The van der Waals surface area contributed by atoms with Crippen LogP contribution in [0.1, 0.15) is 47.9 Å². The number of aromatic nitrogens is 4. The van der Waals surface area contributed by atoms with Gasteiger partial charge in [0.05, 0.1) is 33.4 Å². The lowest BCUT2D eigenvalue weighted by atomic mass is 9.77. The minimum Gasteiger partial charge on any atom is -0.339 e. The van der Waals surface area contributed by atoms with E-state index in [1.54, 1.807) is 12.1 Å². The molecule has 0 radical (unpaired) electrons. The van der Waals surface area contributed by atoms with Crippen molar-refractivity contribution in [1.29, 1.82) is 0 Å². The molecule has 0 aliphatic heterocycles. The van der Waals surface area contributed by atoms with Crippen molar-refractivity contribution in [3.8, 4) is 5.69 Å². The maximum absolute atomic E-state index is 6.27. The van der Waals surface area contributed by atoms with E-state index in [1.165, 1.54) is 0 Å². The van der Waals surface area contributed by atoms with Crippen LogP contribution >= 0.6 is 23.2 Å². The second kappa shape index (κ2) is 6.37. The van der Waals surface area contributed by atoms with Crippen LogP contribution in [0.5, 0.6) is 0 Å². The highest BCUT2D eigenvalue weighted by molar-refractivity contribution is 6.42. The van der Waals surface area contributed by atoms with E-state index in [4.69, 9.17) is 33.5 Å². The van der Waals surface area contributed by atoms with Crippen LogP contribution in [0.25, 0.3) is 5.69 Å². The molecule has 0 spiro atoms. The number of hydrogen-bond acceptors (Lipinski definition) is 5. The third kappa shape index (κ3) is 2.92. The number of aryl methyl sites for hydroxylation is 1. The van der Waals surface area contributed by atoms with Gasteiger partial charge in [0.15, 0.2) is 5.82 Å². The first-order valence-corrected chi connectivity index (χ1v) is 9.25. The molecule has 2 aromatic heterocycles. The fraction of sp³-hybridized carbons (Fsp3) is 0.389. The summed E-state index contributed by atoms with van der Waals surface area (Å²) in [7, 11) is 0. The van der Waals surface area contributed by atoms with Gasteiger partial charge >= 0.3 is 0 Å². The Morgan fingerprint density at radius 2 is 2.00 bits per heavy atom. The first kappa shape index (κ1) is 17.5. The summed E-state index contributed by atoms with van der Waals surface area (Å²) in [6.07, 6.45) is 3.43. The zero-order valence-corrected chi connectivity index (χ0v) is 16.1. The lowest BCUT2D eigenvalue weighted by Crippen LogP contribution is -2.44. The highest BCUT2D eigenvalue weighted by Gasteiger charge is 2.39. The summed E-state index contributed by atoms with van der Waals surface area (Å²) < 4.78 is 7.28. The van der Waals surface area contributed by atoms with Gasteiger partial charge in [0, 0.05) is 11.3 Å². The number of benzene rings is 1. The predicted molar refractivity (Wildman–Crippen MR) is 99.9 cm³/mol. The average Bonchev–Trinajstić information content (AvgIpc) is 3.16. The van der Waals surface area contributed by atoms with Crippen LogP contribution in [0.4, 0.5) is 0 Å². The van der Waals surface area contributed by atoms with E-state index < -0.39 is 5.54 Å². The lowest BCUT2D eigenvalue weighted by Gasteiger charge is -2.34. The van der Waals surface area contributed by atoms with Crippen molar-refractivity contribution >= 4 is 23.2 Å². The van der Waals surface area contributed by atoms with Crippen LogP contribution in [0.2, 0.25) is 10.0 Å². The van der Waals surface area contributed by atoms with Crippen LogP contribution in [0.3, 0.4) is 0 Å². The Hall–Kier alpha value is -1.89. The Morgan fingerprint density at radius 1 is 1.23 bits per heavy atom. The Labute approximate surface area is 161 Å². The second-order valence-electron chi connectivity index (χ2n) is 6.86. The van der Waals surface area contributed by atoms with E-state index in [0.29, 0.717) is 28.2 Å². The van der Waals surface area contributed by atoms with Crippen LogP contribution in [-0.2, 0) is 12.0 Å². The van der Waals surface area contributed by atoms with Gasteiger partial charge in [0.2, 0.25) is 5.89 Å². The van der Waals surface area contributed by atoms with Crippen LogP contribution in [0.15, 0.2) is 22.7 Å². The predicted octanol–water partition coefficient (Wildman–Crippen LogP) is 4.11. The number of nitrogens with zero attached hydrogens (tertiary/aromatic N) is 4. The van der Waals surface area contributed by atoms with E-state index in [0.717, 1.165) is 41.9 Å². The largest absolute Gasteiger partial charge is 0.339 e. The lowest BCUT2D eigenvalue weighted by molar-refractivity contribution is 0.229. The normalized spacial score (nSPS) is 15.9. The number of rotatable bonds is 4. The molecule has 6 nitrogen and oxygen atoms in total. The van der Waals surface area contributed by atoms with E-state index in [-0.39, 0.29) is 0 Å². The summed E-state index contributed by atoms with van der Waals surface area (Å²) in [4.78, 5) is 4.51. The molecule has 0 amide bonds. The third-order valence-corrected chi connectivity index (χ3v) is 5.82. The molecule has 1 fully saturated rings. The molecular weight excluding hydrogens is 373 g/mol. The van der Waals surface area contributed by atoms with Crippen molar-refractivity contribution < 1.29 is 4.52 Å². The average molecular weight is 392 g/mol. The Bertz CT molecular complexity index is 974. The summed E-state index contributed by atoms with van der Waals surface area (Å²) in [5.41, 5.74) is 9.65. The van der Waals surface area contributed by atoms with Crippen molar-refractivity contribution in [2.45, 2.75) is 45.1 Å². The molecular formula is C18H19Cl2N5O. The van der Waals surface area contributed by atoms with Crippen LogP contribution in [0, 0.1) is 13.8 Å². The Kier molecular flexibility index (Phi) is 4.29. The molecule has 2 N–H and O–H groups in total. The summed E-state index contributed by atoms with van der Waals surface area (Å²) in [6, 6.07) is 5.45. The van der Waals surface area contributed by atoms with E-state index >= 15 is 0 Å². The van der Waals surface area contributed by atoms with Gasteiger partial charge in [0.1, 0.15) is 0 Å². The van der Waals surface area contributed by atoms with Gasteiger partial charge in [-0.15, -0.1) is 0 Å². The van der Waals surface area contributed by atoms with Crippen molar-refractivity contribution in [3.05, 3.63) is 56.9 Å². The van der Waals surface area contributed by atoms with Gasteiger partial charge in [-0.05, 0) is 51.3 Å². The molecule has 4 rings (SSSR count). The molecule has 0 atom stereocenters. The van der Waals surface area contributed by atoms with Gasteiger partial charge < -0.3 is 10.3 Å². The molecule has 26 heavy (non-hydrogen) atoms. The standard InChI is InChI=1S/C18H19Cl2N5O/c1-10-13(9-16-22-17(24-26-16)18(21)6-3-7-18)11(2)25(23-10)12-4-5-14(19)15(20)8-12/h4-5,8H,3,6-7,9,21H2,1-2H3. The number of hydrogen-bond donors (Lipinski definition) is 1. The maximum Gasteiger partial charge on any atom is 0.231 e. The monoisotopic (exact) mass is 391 g/mol. The third-order valence-electron chi connectivity index (χ3n) is 5.08. The van der Waals surface area contributed by atoms with E-state index in [1.807, 2.05) is 24.6 Å². The topological polar surface area (TPSA) is 82.8 Å². The molecule has 3 aromatic rings. The van der Waals surface area contributed by atoms with Crippen molar-refractivity contribution in [1.82, 2.24) is 19.9 Å². The van der Waals surface area contributed by atoms with Gasteiger partial charge in [0.25, 0.3) is 0 Å². The van der Waals surface area contributed by atoms with E-state index in [2.05, 4.69) is 15.2 Å². The van der Waals surface area contributed by atoms with Gasteiger partial charge in [-0.3, -0.25) is 0 Å². The van der Waals surface area contributed by atoms with Crippen molar-refractivity contribution in [2.75, 3.05) is 0 Å². The van der Waals surface area contributed by atoms with Crippen molar-refractivity contribution in [2.24, 2.45) is 5.73 Å². The SMILES string of the molecule is Cc1nn(-c2ccc(Cl)c(Cl)c2)c(C)c1Cc1nc(C2(N)CCC2)no1. The van der Waals surface area contributed by atoms with Gasteiger partial charge in [-0.25, -0.2) is 4.68 Å². The fourth-order valence-electron chi connectivity index (χ4n) is 3.26. The van der Waals surface area contributed by atoms with E-state index in [9.17, 15) is 0 Å². The Balaban J connectivity index is 1.63. The van der Waals surface area contributed by atoms with Gasteiger partial charge in [-0.1, -0.05) is 28.4 Å². The molecule has 1 saturated carbocycles. The van der Waals surface area contributed by atoms with Crippen LogP contribution in [-0.4, -0.2) is 19.9 Å². The molecule has 0 bridgehead atoms. The maximum atomic E-state index is 6.27. The molecule has 1 aliphatic rings. The van der Waals surface area contributed by atoms with Crippen molar-refractivity contribution in [3.63, 3.8) is 0 Å². The summed E-state index contributed by atoms with van der Waals surface area (Å²) in [5, 5.41) is 9.72. The Morgan fingerprint density at radius 3 is 2.65 bits per heavy atom. The summed E-state index contributed by atoms with van der Waals surface area (Å²) >= 11 is 12.1. The molecule has 1 aromatic carbocycles.